The Kier molecular flexibility index (Phi) is 5.39. The number of hydrogen-bond acceptors (Lipinski definition) is 5. The van der Waals surface area contributed by atoms with Crippen molar-refractivity contribution in [3.63, 3.8) is 0 Å². The third kappa shape index (κ3) is 3.92. The van der Waals surface area contributed by atoms with Crippen molar-refractivity contribution in [1.82, 2.24) is 20.3 Å². The normalized spacial score (nSPS) is 15.7. The van der Waals surface area contributed by atoms with Crippen LogP contribution in [0, 0.1) is 0 Å². The molecule has 28 heavy (non-hydrogen) atoms. The predicted molar refractivity (Wildman–Crippen MR) is 106 cm³/mol. The first-order valence-corrected chi connectivity index (χ1v) is 9.41. The second kappa shape index (κ2) is 8.27. The Morgan fingerprint density at radius 2 is 1.68 bits per heavy atom. The van der Waals surface area contributed by atoms with Crippen LogP contribution in [0.2, 0.25) is 0 Å². The zero-order valence-corrected chi connectivity index (χ0v) is 15.5. The summed E-state index contributed by atoms with van der Waals surface area (Å²) >= 11 is 0. The zero-order chi connectivity index (χ0) is 19.2. The standard InChI is InChI=1S/C22H22N4O2/c27-21(18-14-24-20(25-15-18)17-6-10-23-11-7-17)26-16-22(8-12-28-13-9-22)19-4-2-1-3-5-19/h1-7,10-11,14-15H,8-9,12-13,16H2,(H,26,27). The number of ether oxygens (including phenoxy) is 1. The van der Waals surface area contributed by atoms with E-state index >= 15 is 0 Å². The molecule has 2 aromatic heterocycles. The van der Waals surface area contributed by atoms with Crippen molar-refractivity contribution in [3.05, 3.63) is 78.4 Å². The van der Waals surface area contributed by atoms with E-state index in [2.05, 4.69) is 32.4 Å². The van der Waals surface area contributed by atoms with Gasteiger partial charge in [0, 0.05) is 55.5 Å². The molecule has 6 heteroatoms. The largest absolute Gasteiger partial charge is 0.381 e. The first kappa shape index (κ1) is 18.3. The third-order valence-electron chi connectivity index (χ3n) is 5.28. The highest BCUT2D eigenvalue weighted by atomic mass is 16.5. The summed E-state index contributed by atoms with van der Waals surface area (Å²) in [6.07, 6.45) is 8.28. The lowest BCUT2D eigenvalue weighted by Crippen LogP contribution is -2.44. The maximum Gasteiger partial charge on any atom is 0.254 e. The molecule has 142 valence electrons. The van der Waals surface area contributed by atoms with Crippen LogP contribution in [0.15, 0.2) is 67.3 Å². The summed E-state index contributed by atoms with van der Waals surface area (Å²) in [6, 6.07) is 14.0. The van der Waals surface area contributed by atoms with Gasteiger partial charge in [0.1, 0.15) is 0 Å². The van der Waals surface area contributed by atoms with E-state index in [1.807, 2.05) is 30.3 Å². The van der Waals surface area contributed by atoms with Crippen LogP contribution in [0.1, 0.15) is 28.8 Å². The van der Waals surface area contributed by atoms with Gasteiger partial charge < -0.3 is 10.1 Å². The molecule has 4 rings (SSSR count). The average molecular weight is 374 g/mol. The molecule has 0 aliphatic carbocycles. The van der Waals surface area contributed by atoms with Crippen molar-refractivity contribution in [2.75, 3.05) is 19.8 Å². The zero-order valence-electron chi connectivity index (χ0n) is 15.5. The number of carbonyl (C=O) groups is 1. The Bertz CT molecular complexity index is 908. The molecule has 1 fully saturated rings. The van der Waals surface area contributed by atoms with E-state index in [0.29, 0.717) is 31.1 Å². The predicted octanol–water partition coefficient (Wildman–Crippen LogP) is 3.02. The molecule has 0 radical (unpaired) electrons. The van der Waals surface area contributed by atoms with Gasteiger partial charge in [0.2, 0.25) is 0 Å². The van der Waals surface area contributed by atoms with Crippen molar-refractivity contribution < 1.29 is 9.53 Å². The summed E-state index contributed by atoms with van der Waals surface area (Å²) in [6.45, 7) is 1.97. The van der Waals surface area contributed by atoms with Gasteiger partial charge in [-0.3, -0.25) is 9.78 Å². The fourth-order valence-corrected chi connectivity index (χ4v) is 3.57. The number of carbonyl (C=O) groups excluding carboxylic acids is 1. The monoisotopic (exact) mass is 374 g/mol. The number of nitrogens with one attached hydrogen (secondary N) is 1. The summed E-state index contributed by atoms with van der Waals surface area (Å²) in [7, 11) is 0. The van der Waals surface area contributed by atoms with Gasteiger partial charge in [0.05, 0.1) is 5.56 Å². The van der Waals surface area contributed by atoms with E-state index in [9.17, 15) is 4.79 Å². The number of amides is 1. The molecule has 0 atom stereocenters. The number of hydrogen-bond donors (Lipinski definition) is 1. The Balaban J connectivity index is 1.47. The second-order valence-electron chi connectivity index (χ2n) is 6.97. The van der Waals surface area contributed by atoms with Crippen molar-refractivity contribution in [2.24, 2.45) is 0 Å². The number of aromatic nitrogens is 3. The Labute approximate surface area is 164 Å². The minimum absolute atomic E-state index is 0.104. The fourth-order valence-electron chi connectivity index (χ4n) is 3.57. The SMILES string of the molecule is O=C(NCC1(c2ccccc2)CCOCC1)c1cnc(-c2ccncc2)nc1. The van der Waals surface area contributed by atoms with E-state index in [0.717, 1.165) is 18.4 Å². The number of rotatable bonds is 5. The number of benzene rings is 1. The van der Waals surface area contributed by atoms with Gasteiger partial charge in [-0.1, -0.05) is 30.3 Å². The van der Waals surface area contributed by atoms with Gasteiger partial charge in [-0.15, -0.1) is 0 Å². The van der Waals surface area contributed by atoms with Crippen LogP contribution in [0.25, 0.3) is 11.4 Å². The molecule has 1 N–H and O–H groups in total. The maximum atomic E-state index is 12.7. The van der Waals surface area contributed by atoms with Gasteiger partial charge in [0.25, 0.3) is 5.91 Å². The molecule has 3 aromatic rings. The van der Waals surface area contributed by atoms with Gasteiger partial charge in [-0.2, -0.15) is 0 Å². The number of pyridine rings is 1. The molecule has 1 aromatic carbocycles. The first-order valence-electron chi connectivity index (χ1n) is 9.41. The van der Waals surface area contributed by atoms with Crippen LogP contribution in [0.3, 0.4) is 0 Å². The summed E-state index contributed by atoms with van der Waals surface area (Å²) in [5.41, 5.74) is 2.45. The lowest BCUT2D eigenvalue weighted by molar-refractivity contribution is 0.0487. The van der Waals surface area contributed by atoms with E-state index in [1.54, 1.807) is 24.8 Å². The molecule has 0 saturated carbocycles. The highest BCUT2D eigenvalue weighted by Crippen LogP contribution is 2.34. The van der Waals surface area contributed by atoms with E-state index in [1.165, 1.54) is 5.56 Å². The van der Waals surface area contributed by atoms with Gasteiger partial charge >= 0.3 is 0 Å². The molecule has 1 aliphatic rings. The molecule has 1 saturated heterocycles. The van der Waals surface area contributed by atoms with E-state index < -0.39 is 0 Å². The summed E-state index contributed by atoms with van der Waals surface area (Å²) in [5, 5.41) is 3.08. The summed E-state index contributed by atoms with van der Waals surface area (Å²) < 4.78 is 5.56. The molecule has 3 heterocycles. The summed E-state index contributed by atoms with van der Waals surface area (Å²) in [4.78, 5) is 25.3. The highest BCUT2D eigenvalue weighted by molar-refractivity contribution is 5.93. The molecule has 1 aliphatic heterocycles. The molecule has 0 spiro atoms. The molecule has 0 bridgehead atoms. The Hall–Kier alpha value is -3.12. The number of nitrogens with zero attached hydrogens (tertiary/aromatic N) is 3. The first-order chi connectivity index (χ1) is 13.8. The van der Waals surface area contributed by atoms with Crippen LogP contribution < -0.4 is 5.32 Å². The molecule has 0 unspecified atom stereocenters. The van der Waals surface area contributed by atoms with Crippen molar-refractivity contribution >= 4 is 5.91 Å². The minimum Gasteiger partial charge on any atom is -0.381 e. The lowest BCUT2D eigenvalue weighted by atomic mass is 9.74. The van der Waals surface area contributed by atoms with Crippen LogP contribution in [-0.2, 0) is 10.2 Å². The smallest absolute Gasteiger partial charge is 0.254 e. The Morgan fingerprint density at radius 3 is 2.36 bits per heavy atom. The van der Waals surface area contributed by atoms with Gasteiger partial charge in [-0.25, -0.2) is 9.97 Å². The van der Waals surface area contributed by atoms with Crippen LogP contribution >= 0.6 is 0 Å². The van der Waals surface area contributed by atoms with Gasteiger partial charge in [-0.05, 0) is 30.5 Å². The Morgan fingerprint density at radius 1 is 1.00 bits per heavy atom. The molecule has 6 nitrogen and oxygen atoms in total. The minimum atomic E-state index is -0.164. The van der Waals surface area contributed by atoms with Crippen LogP contribution in [0.5, 0.6) is 0 Å². The quantitative estimate of drug-likeness (QED) is 0.743. The van der Waals surface area contributed by atoms with E-state index in [-0.39, 0.29) is 11.3 Å². The lowest BCUT2D eigenvalue weighted by Gasteiger charge is -2.38. The average Bonchev–Trinajstić information content (AvgIpc) is 2.79. The maximum absolute atomic E-state index is 12.7. The highest BCUT2D eigenvalue weighted by Gasteiger charge is 2.34. The van der Waals surface area contributed by atoms with Crippen molar-refractivity contribution in [3.8, 4) is 11.4 Å². The third-order valence-corrected chi connectivity index (χ3v) is 5.28. The summed E-state index contributed by atoms with van der Waals surface area (Å²) in [5.74, 6) is 0.409. The second-order valence-corrected chi connectivity index (χ2v) is 6.97. The molecule has 1 amide bonds. The van der Waals surface area contributed by atoms with Gasteiger partial charge in [0.15, 0.2) is 5.82 Å². The topological polar surface area (TPSA) is 77.0 Å². The fraction of sp³-hybridized carbons (Fsp3) is 0.273. The van der Waals surface area contributed by atoms with Crippen LogP contribution in [0.4, 0.5) is 0 Å². The van der Waals surface area contributed by atoms with Crippen molar-refractivity contribution in [2.45, 2.75) is 18.3 Å². The molecular weight excluding hydrogens is 352 g/mol. The molecular formula is C22H22N4O2. The van der Waals surface area contributed by atoms with Crippen LogP contribution in [-0.4, -0.2) is 40.6 Å². The van der Waals surface area contributed by atoms with E-state index in [4.69, 9.17) is 4.74 Å². The van der Waals surface area contributed by atoms with Crippen molar-refractivity contribution in [1.29, 1.82) is 0 Å².